The van der Waals surface area contributed by atoms with E-state index in [1.807, 2.05) is 0 Å². The Morgan fingerprint density at radius 3 is 2.47 bits per heavy atom. The molecule has 3 amide bonds. The number of hydrogen-bond acceptors (Lipinski definition) is 4. The maximum absolute atomic E-state index is 12.6. The third-order valence-corrected chi connectivity index (χ3v) is 6.07. The number of aromatic nitrogens is 2. The molecule has 30 heavy (non-hydrogen) atoms. The molecule has 0 unspecified atom stereocenters. The van der Waals surface area contributed by atoms with Crippen molar-refractivity contribution < 1.29 is 14.4 Å². The number of carbonyl (C=O) groups is 3. The van der Waals surface area contributed by atoms with E-state index < -0.39 is 5.91 Å². The van der Waals surface area contributed by atoms with Crippen molar-refractivity contribution in [2.24, 2.45) is 5.92 Å². The van der Waals surface area contributed by atoms with Crippen LogP contribution in [0.4, 0.5) is 0 Å². The summed E-state index contributed by atoms with van der Waals surface area (Å²) < 4.78 is 0. The normalized spacial score (nSPS) is 16.6. The minimum absolute atomic E-state index is 0.0675. The zero-order chi connectivity index (χ0) is 21.1. The molecule has 8 nitrogen and oxygen atoms in total. The highest BCUT2D eigenvalue weighted by Crippen LogP contribution is 2.22. The van der Waals surface area contributed by atoms with E-state index in [-0.39, 0.29) is 17.7 Å². The van der Waals surface area contributed by atoms with Crippen LogP contribution < -0.4 is 10.9 Å². The Hall–Kier alpha value is -2.87. The van der Waals surface area contributed by atoms with E-state index in [4.69, 9.17) is 11.6 Å². The first-order valence-corrected chi connectivity index (χ1v) is 10.6. The molecule has 2 heterocycles. The van der Waals surface area contributed by atoms with Gasteiger partial charge in [0.1, 0.15) is 0 Å². The van der Waals surface area contributed by atoms with Crippen molar-refractivity contribution in [1.29, 1.82) is 0 Å². The summed E-state index contributed by atoms with van der Waals surface area (Å²) in [6.45, 7) is 0.973. The molecule has 0 radical (unpaired) electrons. The van der Waals surface area contributed by atoms with Gasteiger partial charge in [0.25, 0.3) is 11.8 Å². The number of nitrogens with zero attached hydrogens (tertiary/aromatic N) is 2. The monoisotopic (exact) mass is 429 g/mol. The third-order valence-electron chi connectivity index (χ3n) is 5.81. The van der Waals surface area contributed by atoms with Crippen molar-refractivity contribution in [2.75, 3.05) is 13.1 Å². The number of fused-ring (bicyclic) bond motifs is 1. The lowest BCUT2D eigenvalue weighted by molar-refractivity contribution is -0.127. The standard InChI is InChI=1S/C21H24ClN5O3/c22-15-7-5-14(6-8-15)21(30)27-11-9-13(10-12-27)19(28)25-26-20(29)18-16-3-1-2-4-17(16)23-24-18/h5-8,13H,1-4,9-12H2,(H,23,24)(H,25,28)(H,26,29). The highest BCUT2D eigenvalue weighted by molar-refractivity contribution is 6.30. The molecule has 2 aromatic rings. The first-order chi connectivity index (χ1) is 14.5. The van der Waals surface area contributed by atoms with E-state index in [1.165, 1.54) is 0 Å². The van der Waals surface area contributed by atoms with E-state index in [0.717, 1.165) is 36.9 Å². The maximum Gasteiger partial charge on any atom is 0.290 e. The minimum Gasteiger partial charge on any atom is -0.339 e. The number of carbonyl (C=O) groups excluding carboxylic acids is 3. The Kier molecular flexibility index (Phi) is 6.03. The molecule has 0 saturated carbocycles. The van der Waals surface area contributed by atoms with Gasteiger partial charge in [-0.2, -0.15) is 5.10 Å². The fraction of sp³-hybridized carbons (Fsp3) is 0.429. The molecule has 3 N–H and O–H groups in total. The average Bonchev–Trinajstić information content (AvgIpc) is 3.22. The van der Waals surface area contributed by atoms with Crippen LogP contribution in [0, 0.1) is 5.92 Å². The van der Waals surface area contributed by atoms with Gasteiger partial charge in [-0.3, -0.25) is 30.3 Å². The molecule has 1 aliphatic carbocycles. The third kappa shape index (κ3) is 4.33. The fourth-order valence-electron chi connectivity index (χ4n) is 4.07. The molecule has 1 aromatic heterocycles. The molecule has 1 aliphatic heterocycles. The maximum atomic E-state index is 12.6. The van der Waals surface area contributed by atoms with Crippen LogP contribution in [0.5, 0.6) is 0 Å². The van der Waals surface area contributed by atoms with Gasteiger partial charge < -0.3 is 4.90 Å². The number of amides is 3. The van der Waals surface area contributed by atoms with Gasteiger partial charge in [-0.25, -0.2) is 0 Å². The zero-order valence-electron chi connectivity index (χ0n) is 16.5. The highest BCUT2D eigenvalue weighted by atomic mass is 35.5. The molecule has 158 valence electrons. The number of piperidine rings is 1. The molecule has 1 fully saturated rings. The van der Waals surface area contributed by atoms with Crippen LogP contribution in [0.25, 0.3) is 0 Å². The van der Waals surface area contributed by atoms with E-state index in [2.05, 4.69) is 21.0 Å². The van der Waals surface area contributed by atoms with Crippen molar-refractivity contribution in [3.63, 3.8) is 0 Å². The van der Waals surface area contributed by atoms with Crippen molar-refractivity contribution in [1.82, 2.24) is 25.9 Å². The number of H-pyrrole nitrogens is 1. The second-order valence-electron chi connectivity index (χ2n) is 7.75. The van der Waals surface area contributed by atoms with Gasteiger partial charge in [0, 0.05) is 40.9 Å². The number of benzene rings is 1. The topological polar surface area (TPSA) is 107 Å². The van der Waals surface area contributed by atoms with Gasteiger partial charge in [0.05, 0.1) is 0 Å². The number of aryl methyl sites for hydroxylation is 1. The predicted molar refractivity (Wildman–Crippen MR) is 111 cm³/mol. The van der Waals surface area contributed by atoms with E-state index in [9.17, 15) is 14.4 Å². The van der Waals surface area contributed by atoms with Crippen LogP contribution in [-0.4, -0.2) is 45.9 Å². The molecule has 0 atom stereocenters. The van der Waals surface area contributed by atoms with Gasteiger partial charge in [-0.1, -0.05) is 11.6 Å². The van der Waals surface area contributed by atoms with E-state index in [0.29, 0.717) is 42.2 Å². The van der Waals surface area contributed by atoms with Crippen LogP contribution in [0.1, 0.15) is 57.8 Å². The van der Waals surface area contributed by atoms with Crippen LogP contribution in [0.2, 0.25) is 5.02 Å². The van der Waals surface area contributed by atoms with Gasteiger partial charge in [-0.15, -0.1) is 0 Å². The van der Waals surface area contributed by atoms with Gasteiger partial charge in [0.2, 0.25) is 5.91 Å². The SMILES string of the molecule is O=C(NNC(=O)C1CCN(C(=O)c2ccc(Cl)cc2)CC1)c1n[nH]c2c1CCCC2. The molecule has 0 spiro atoms. The predicted octanol–water partition coefficient (Wildman–Crippen LogP) is 2.26. The highest BCUT2D eigenvalue weighted by Gasteiger charge is 2.29. The second kappa shape index (κ2) is 8.87. The Bertz CT molecular complexity index is 948. The summed E-state index contributed by atoms with van der Waals surface area (Å²) in [6, 6.07) is 6.78. The number of nitrogens with one attached hydrogen (secondary N) is 3. The lowest BCUT2D eigenvalue weighted by Crippen LogP contribution is -2.48. The molecular weight excluding hydrogens is 406 g/mol. The summed E-state index contributed by atoms with van der Waals surface area (Å²) in [6.07, 6.45) is 4.92. The zero-order valence-corrected chi connectivity index (χ0v) is 17.3. The van der Waals surface area contributed by atoms with Crippen molar-refractivity contribution in [2.45, 2.75) is 38.5 Å². The summed E-state index contributed by atoms with van der Waals surface area (Å²) in [4.78, 5) is 39.2. The lowest BCUT2D eigenvalue weighted by Gasteiger charge is -2.31. The van der Waals surface area contributed by atoms with Gasteiger partial charge in [-0.05, 0) is 62.8 Å². The quantitative estimate of drug-likeness (QED) is 0.650. The number of rotatable bonds is 3. The molecular formula is C21H24ClN5O3. The molecule has 9 heteroatoms. The van der Waals surface area contributed by atoms with Crippen LogP contribution >= 0.6 is 11.6 Å². The largest absolute Gasteiger partial charge is 0.339 e. The van der Waals surface area contributed by atoms with Crippen molar-refractivity contribution in [3.8, 4) is 0 Å². The molecule has 4 rings (SSSR count). The molecule has 0 bridgehead atoms. The van der Waals surface area contributed by atoms with Crippen LogP contribution in [-0.2, 0) is 17.6 Å². The number of hydrogen-bond donors (Lipinski definition) is 3. The minimum atomic E-state index is -0.405. The van der Waals surface area contributed by atoms with E-state index in [1.54, 1.807) is 29.2 Å². The Balaban J connectivity index is 1.26. The summed E-state index contributed by atoms with van der Waals surface area (Å²) in [5.74, 6) is -0.973. The van der Waals surface area contributed by atoms with Crippen LogP contribution in [0.15, 0.2) is 24.3 Å². The summed E-state index contributed by atoms with van der Waals surface area (Å²) >= 11 is 5.87. The summed E-state index contributed by atoms with van der Waals surface area (Å²) in [5.41, 5.74) is 7.89. The van der Waals surface area contributed by atoms with Gasteiger partial charge >= 0.3 is 0 Å². The Morgan fingerprint density at radius 2 is 1.73 bits per heavy atom. The lowest BCUT2D eigenvalue weighted by atomic mass is 9.95. The molecule has 1 saturated heterocycles. The second-order valence-corrected chi connectivity index (χ2v) is 8.19. The van der Waals surface area contributed by atoms with Crippen molar-refractivity contribution >= 4 is 29.3 Å². The average molecular weight is 430 g/mol. The summed E-state index contributed by atoms with van der Waals surface area (Å²) in [5, 5.41) is 7.62. The first kappa shape index (κ1) is 20.4. The number of aromatic amines is 1. The Labute approximate surface area is 179 Å². The van der Waals surface area contributed by atoms with Gasteiger partial charge in [0.15, 0.2) is 5.69 Å². The molecule has 2 aliphatic rings. The molecule has 1 aromatic carbocycles. The number of likely N-dealkylation sites (tertiary alicyclic amines) is 1. The summed E-state index contributed by atoms with van der Waals surface area (Å²) in [7, 11) is 0. The number of hydrazine groups is 1. The fourth-order valence-corrected chi connectivity index (χ4v) is 4.19. The van der Waals surface area contributed by atoms with Crippen LogP contribution in [0.3, 0.4) is 0 Å². The first-order valence-electron chi connectivity index (χ1n) is 10.2. The van der Waals surface area contributed by atoms with E-state index >= 15 is 0 Å². The number of halogens is 1. The smallest absolute Gasteiger partial charge is 0.290 e. The Morgan fingerprint density at radius 1 is 1.03 bits per heavy atom. The van der Waals surface area contributed by atoms with Crippen molar-refractivity contribution in [3.05, 3.63) is 51.8 Å².